The molecular formula is C17H17FN2O. The molecule has 0 radical (unpaired) electrons. The summed E-state index contributed by atoms with van der Waals surface area (Å²) in [5.41, 5.74) is 1.83. The van der Waals surface area contributed by atoms with E-state index in [1.54, 1.807) is 43.5 Å². The van der Waals surface area contributed by atoms with E-state index >= 15 is 0 Å². The molecule has 2 rings (SSSR count). The zero-order valence-electron chi connectivity index (χ0n) is 12.3. The van der Waals surface area contributed by atoms with Gasteiger partial charge in [0.2, 0.25) is 0 Å². The molecule has 0 saturated carbocycles. The maximum absolute atomic E-state index is 13.9. The van der Waals surface area contributed by atoms with Gasteiger partial charge in [-0.1, -0.05) is 18.2 Å². The molecule has 21 heavy (non-hydrogen) atoms. The summed E-state index contributed by atoms with van der Waals surface area (Å²) in [5, 5.41) is 9.25. The third-order valence-electron chi connectivity index (χ3n) is 3.64. The highest BCUT2D eigenvalue weighted by Gasteiger charge is 2.18. The first-order valence-corrected chi connectivity index (χ1v) is 6.64. The van der Waals surface area contributed by atoms with Crippen molar-refractivity contribution in [2.45, 2.75) is 13.0 Å². The van der Waals surface area contributed by atoms with Crippen LogP contribution in [-0.4, -0.2) is 14.2 Å². The van der Waals surface area contributed by atoms with Gasteiger partial charge >= 0.3 is 0 Å². The summed E-state index contributed by atoms with van der Waals surface area (Å²) in [5.74, 6) is 0.412. The third-order valence-corrected chi connectivity index (χ3v) is 3.64. The topological polar surface area (TPSA) is 36.3 Å². The summed E-state index contributed by atoms with van der Waals surface area (Å²) >= 11 is 0. The Labute approximate surface area is 124 Å². The van der Waals surface area contributed by atoms with E-state index in [4.69, 9.17) is 4.74 Å². The molecule has 0 bridgehead atoms. The van der Waals surface area contributed by atoms with Crippen molar-refractivity contribution in [1.82, 2.24) is 0 Å². The molecule has 108 valence electrons. The molecule has 4 heteroatoms. The number of nitrogens with zero attached hydrogens (tertiary/aromatic N) is 2. The molecule has 0 N–H and O–H groups in total. The number of hydrogen-bond donors (Lipinski definition) is 0. The SMILES string of the molecule is COc1ccc(C#N)c(N(C)C(C)c2ccccc2F)c1. The molecule has 0 amide bonds. The lowest BCUT2D eigenvalue weighted by molar-refractivity contribution is 0.414. The fourth-order valence-electron chi connectivity index (χ4n) is 2.26. The molecule has 0 saturated heterocycles. The Kier molecular flexibility index (Phi) is 4.44. The fourth-order valence-corrected chi connectivity index (χ4v) is 2.26. The highest BCUT2D eigenvalue weighted by atomic mass is 19.1. The van der Waals surface area contributed by atoms with Crippen LogP contribution in [0.1, 0.15) is 24.1 Å². The van der Waals surface area contributed by atoms with Crippen LogP contribution in [0.15, 0.2) is 42.5 Å². The van der Waals surface area contributed by atoms with Crippen LogP contribution in [0.4, 0.5) is 10.1 Å². The van der Waals surface area contributed by atoms with Crippen LogP contribution in [0.25, 0.3) is 0 Å². The molecule has 0 aromatic heterocycles. The van der Waals surface area contributed by atoms with Gasteiger partial charge in [0, 0.05) is 18.7 Å². The van der Waals surface area contributed by atoms with Crippen molar-refractivity contribution >= 4 is 5.69 Å². The van der Waals surface area contributed by atoms with E-state index in [0.717, 1.165) is 0 Å². The van der Waals surface area contributed by atoms with Gasteiger partial charge in [-0.2, -0.15) is 5.26 Å². The van der Waals surface area contributed by atoms with Gasteiger partial charge in [0.25, 0.3) is 0 Å². The molecular weight excluding hydrogens is 267 g/mol. The molecule has 0 fully saturated rings. The lowest BCUT2D eigenvalue weighted by atomic mass is 10.0. The summed E-state index contributed by atoms with van der Waals surface area (Å²) < 4.78 is 19.1. The number of benzene rings is 2. The maximum Gasteiger partial charge on any atom is 0.128 e. The Morgan fingerprint density at radius 2 is 1.95 bits per heavy atom. The second-order valence-electron chi connectivity index (χ2n) is 4.80. The predicted octanol–water partition coefficient (Wildman–Crippen LogP) is 3.90. The van der Waals surface area contributed by atoms with Gasteiger partial charge in [-0.15, -0.1) is 0 Å². The van der Waals surface area contributed by atoms with Crippen molar-refractivity contribution in [3.63, 3.8) is 0 Å². The number of ether oxygens (including phenoxy) is 1. The molecule has 2 aromatic carbocycles. The van der Waals surface area contributed by atoms with E-state index in [1.807, 2.05) is 18.9 Å². The van der Waals surface area contributed by atoms with Crippen LogP contribution in [-0.2, 0) is 0 Å². The summed E-state index contributed by atoms with van der Waals surface area (Å²) in [6.45, 7) is 1.90. The Morgan fingerprint density at radius 1 is 1.24 bits per heavy atom. The average molecular weight is 284 g/mol. The lowest BCUT2D eigenvalue weighted by Gasteiger charge is -2.28. The van der Waals surface area contributed by atoms with Gasteiger partial charge in [0.1, 0.15) is 17.6 Å². The molecule has 0 aliphatic heterocycles. The van der Waals surface area contributed by atoms with Crippen LogP contribution in [0.2, 0.25) is 0 Å². The molecule has 1 unspecified atom stereocenters. The average Bonchev–Trinajstić information content (AvgIpc) is 2.53. The van der Waals surface area contributed by atoms with E-state index in [9.17, 15) is 9.65 Å². The molecule has 0 spiro atoms. The van der Waals surface area contributed by atoms with Crippen LogP contribution in [0, 0.1) is 17.1 Å². The van der Waals surface area contributed by atoms with E-state index in [0.29, 0.717) is 22.6 Å². The maximum atomic E-state index is 13.9. The van der Waals surface area contributed by atoms with Gasteiger partial charge in [0.05, 0.1) is 24.4 Å². The zero-order chi connectivity index (χ0) is 15.4. The number of halogens is 1. The fraction of sp³-hybridized carbons (Fsp3) is 0.235. The Hall–Kier alpha value is -2.54. The first kappa shape index (κ1) is 14.9. The van der Waals surface area contributed by atoms with Crippen molar-refractivity contribution in [1.29, 1.82) is 5.26 Å². The van der Waals surface area contributed by atoms with Gasteiger partial charge in [-0.3, -0.25) is 0 Å². The zero-order valence-corrected chi connectivity index (χ0v) is 12.3. The van der Waals surface area contributed by atoms with Crippen molar-refractivity contribution in [3.05, 3.63) is 59.4 Å². The second-order valence-corrected chi connectivity index (χ2v) is 4.80. The standard InChI is InChI=1S/C17H17FN2O/c1-12(15-6-4-5-7-16(15)18)20(2)17-10-14(21-3)9-8-13(17)11-19/h4-10,12H,1-3H3. The largest absolute Gasteiger partial charge is 0.497 e. The van der Waals surface area contributed by atoms with E-state index in [1.165, 1.54) is 6.07 Å². The minimum Gasteiger partial charge on any atom is -0.497 e. The summed E-state index contributed by atoms with van der Waals surface area (Å²) in [7, 11) is 3.41. The van der Waals surface area contributed by atoms with Crippen LogP contribution >= 0.6 is 0 Å². The first-order valence-electron chi connectivity index (χ1n) is 6.64. The van der Waals surface area contributed by atoms with Crippen LogP contribution in [0.3, 0.4) is 0 Å². The highest BCUT2D eigenvalue weighted by Crippen LogP contribution is 2.31. The van der Waals surface area contributed by atoms with Gasteiger partial charge in [0.15, 0.2) is 0 Å². The van der Waals surface area contributed by atoms with Gasteiger partial charge in [-0.05, 0) is 25.1 Å². The number of nitriles is 1. The number of hydrogen-bond acceptors (Lipinski definition) is 3. The second kappa shape index (κ2) is 6.27. The van der Waals surface area contributed by atoms with Gasteiger partial charge in [-0.25, -0.2) is 4.39 Å². The van der Waals surface area contributed by atoms with E-state index in [2.05, 4.69) is 6.07 Å². The Bertz CT molecular complexity index is 679. The van der Waals surface area contributed by atoms with Gasteiger partial charge < -0.3 is 9.64 Å². The minimum atomic E-state index is -0.252. The molecule has 2 aromatic rings. The first-order chi connectivity index (χ1) is 10.1. The monoisotopic (exact) mass is 284 g/mol. The number of methoxy groups -OCH3 is 1. The predicted molar refractivity (Wildman–Crippen MR) is 80.9 cm³/mol. The number of anilines is 1. The smallest absolute Gasteiger partial charge is 0.128 e. The van der Waals surface area contributed by atoms with Crippen LogP contribution in [0.5, 0.6) is 5.75 Å². The summed E-state index contributed by atoms with van der Waals surface area (Å²) in [4.78, 5) is 1.87. The highest BCUT2D eigenvalue weighted by molar-refractivity contribution is 5.62. The third kappa shape index (κ3) is 2.97. The quantitative estimate of drug-likeness (QED) is 0.854. The minimum absolute atomic E-state index is 0.203. The van der Waals surface area contributed by atoms with Crippen molar-refractivity contribution in [2.24, 2.45) is 0 Å². The Morgan fingerprint density at radius 3 is 2.57 bits per heavy atom. The number of rotatable bonds is 4. The van der Waals surface area contributed by atoms with E-state index < -0.39 is 0 Å². The van der Waals surface area contributed by atoms with Crippen LogP contribution < -0.4 is 9.64 Å². The normalized spacial score (nSPS) is 11.6. The molecule has 1 atom stereocenters. The van der Waals surface area contributed by atoms with E-state index in [-0.39, 0.29) is 11.9 Å². The summed E-state index contributed by atoms with van der Waals surface area (Å²) in [6, 6.07) is 13.9. The lowest BCUT2D eigenvalue weighted by Crippen LogP contribution is -2.23. The molecule has 0 heterocycles. The molecule has 0 aliphatic carbocycles. The van der Waals surface area contributed by atoms with Crippen molar-refractivity contribution < 1.29 is 9.13 Å². The molecule has 3 nitrogen and oxygen atoms in total. The van der Waals surface area contributed by atoms with Crippen molar-refractivity contribution in [2.75, 3.05) is 19.1 Å². The molecule has 0 aliphatic rings. The summed E-state index contributed by atoms with van der Waals surface area (Å²) in [6.07, 6.45) is 0. The Balaban J connectivity index is 2.42. The van der Waals surface area contributed by atoms with Crippen molar-refractivity contribution in [3.8, 4) is 11.8 Å².